The molecular weight excluding hydrogens is 258 g/mol. The molecular formula is C9H11N5O3S. The van der Waals surface area contributed by atoms with E-state index in [0.717, 1.165) is 0 Å². The molecule has 0 spiro atoms. The van der Waals surface area contributed by atoms with Gasteiger partial charge in [-0.15, -0.1) is 0 Å². The smallest absolute Gasteiger partial charge is 0.263 e. The van der Waals surface area contributed by atoms with Gasteiger partial charge in [0.2, 0.25) is 0 Å². The Kier molecular flexibility index (Phi) is 3.17. The normalized spacial score (nSPS) is 11.2. The van der Waals surface area contributed by atoms with Crippen LogP contribution in [0.5, 0.6) is 0 Å². The number of aromatic nitrogens is 2. The minimum absolute atomic E-state index is 0.0195. The summed E-state index contributed by atoms with van der Waals surface area (Å²) >= 11 is 0. The summed E-state index contributed by atoms with van der Waals surface area (Å²) in [4.78, 5) is 3.84. The topological polar surface area (TPSA) is 123 Å². The van der Waals surface area contributed by atoms with Gasteiger partial charge in [0.25, 0.3) is 10.0 Å². The van der Waals surface area contributed by atoms with Crippen molar-refractivity contribution in [2.45, 2.75) is 11.8 Å². The van der Waals surface area contributed by atoms with Gasteiger partial charge in [0, 0.05) is 18.3 Å². The summed E-state index contributed by atoms with van der Waals surface area (Å²) in [5, 5.41) is 3.55. The van der Waals surface area contributed by atoms with Crippen molar-refractivity contribution in [3.8, 4) is 0 Å². The van der Waals surface area contributed by atoms with Crippen molar-refractivity contribution in [2.75, 3.05) is 10.1 Å². The Morgan fingerprint density at radius 1 is 1.33 bits per heavy atom. The standard InChI is InChI=1S/C9H11N5O3S/c1-6-4-9(13-17-6)14-18(15,16)7-2-3-11-8(5-7)12-10/h2-5H,10H2,1H3,(H,11,12)(H,13,14). The Balaban J connectivity index is 2.30. The Hall–Kier alpha value is -2.13. The minimum Gasteiger partial charge on any atom is -0.360 e. The number of nitrogens with one attached hydrogen (secondary N) is 2. The fraction of sp³-hybridized carbons (Fsp3) is 0.111. The number of nitrogens with two attached hydrogens (primary N) is 1. The third-order valence-corrected chi connectivity index (χ3v) is 3.41. The van der Waals surface area contributed by atoms with Crippen LogP contribution in [0.4, 0.5) is 11.6 Å². The summed E-state index contributed by atoms with van der Waals surface area (Å²) in [7, 11) is -3.74. The second-order valence-corrected chi connectivity index (χ2v) is 5.13. The molecule has 0 saturated heterocycles. The second-order valence-electron chi connectivity index (χ2n) is 3.45. The number of nitrogens with zero attached hydrogens (tertiary/aromatic N) is 2. The highest BCUT2D eigenvalue weighted by atomic mass is 32.2. The summed E-state index contributed by atoms with van der Waals surface area (Å²) < 4.78 is 31.0. The van der Waals surface area contributed by atoms with E-state index in [1.165, 1.54) is 24.4 Å². The first-order valence-corrected chi connectivity index (χ1v) is 6.38. The maximum atomic E-state index is 12.0. The molecule has 0 amide bonds. The number of rotatable bonds is 4. The van der Waals surface area contributed by atoms with Gasteiger partial charge in [-0.05, 0) is 13.0 Å². The molecule has 0 fully saturated rings. The average Bonchev–Trinajstić information content (AvgIpc) is 2.74. The fourth-order valence-corrected chi connectivity index (χ4v) is 2.26. The van der Waals surface area contributed by atoms with Gasteiger partial charge in [0.15, 0.2) is 5.82 Å². The van der Waals surface area contributed by atoms with Crippen LogP contribution in [0.2, 0.25) is 0 Å². The predicted octanol–water partition coefficient (Wildman–Crippen LogP) is 0.464. The van der Waals surface area contributed by atoms with E-state index in [1.54, 1.807) is 6.92 Å². The van der Waals surface area contributed by atoms with Crippen LogP contribution in [-0.4, -0.2) is 18.6 Å². The molecule has 9 heteroatoms. The third-order valence-electron chi connectivity index (χ3n) is 2.06. The van der Waals surface area contributed by atoms with Crippen LogP contribution in [0.3, 0.4) is 0 Å². The Morgan fingerprint density at radius 2 is 2.11 bits per heavy atom. The molecule has 96 valence electrons. The van der Waals surface area contributed by atoms with Crippen molar-refractivity contribution in [2.24, 2.45) is 5.84 Å². The minimum atomic E-state index is -3.74. The van der Waals surface area contributed by atoms with Crippen molar-refractivity contribution in [3.63, 3.8) is 0 Å². The molecule has 0 radical (unpaired) electrons. The van der Waals surface area contributed by atoms with E-state index in [0.29, 0.717) is 5.76 Å². The SMILES string of the molecule is Cc1cc(NS(=O)(=O)c2ccnc(NN)c2)no1. The lowest BCUT2D eigenvalue weighted by atomic mass is 10.5. The zero-order valence-corrected chi connectivity index (χ0v) is 10.2. The monoisotopic (exact) mass is 269 g/mol. The van der Waals surface area contributed by atoms with Crippen molar-refractivity contribution < 1.29 is 12.9 Å². The Labute approximate surface area is 103 Å². The quantitative estimate of drug-likeness (QED) is 0.544. The van der Waals surface area contributed by atoms with Crippen molar-refractivity contribution in [3.05, 3.63) is 30.2 Å². The molecule has 0 saturated carbocycles. The summed E-state index contributed by atoms with van der Waals surface area (Å²) in [6.07, 6.45) is 1.33. The van der Waals surface area contributed by atoms with Crippen LogP contribution >= 0.6 is 0 Å². The van der Waals surface area contributed by atoms with Crippen LogP contribution in [0.15, 0.2) is 33.8 Å². The van der Waals surface area contributed by atoms with Crippen molar-refractivity contribution in [1.82, 2.24) is 10.1 Å². The first-order valence-electron chi connectivity index (χ1n) is 4.90. The number of hydrogen-bond acceptors (Lipinski definition) is 7. The Bertz CT molecular complexity index is 652. The number of sulfonamides is 1. The molecule has 2 rings (SSSR count). The molecule has 0 aliphatic rings. The summed E-state index contributed by atoms with van der Waals surface area (Å²) in [5.74, 6) is 6.03. The lowest BCUT2D eigenvalue weighted by molar-refractivity contribution is 0.400. The van der Waals surface area contributed by atoms with Gasteiger partial charge in [0.1, 0.15) is 11.6 Å². The first kappa shape index (κ1) is 12.3. The molecule has 2 aromatic heterocycles. The molecule has 4 N–H and O–H groups in total. The van der Waals surface area contributed by atoms with E-state index >= 15 is 0 Å². The van der Waals surface area contributed by atoms with Gasteiger partial charge in [-0.25, -0.2) is 19.2 Å². The summed E-state index contributed by atoms with van der Waals surface area (Å²) in [6, 6.07) is 4.12. The lowest BCUT2D eigenvalue weighted by Gasteiger charge is -2.05. The number of hydrazine groups is 1. The zero-order valence-electron chi connectivity index (χ0n) is 9.41. The van der Waals surface area contributed by atoms with E-state index < -0.39 is 10.0 Å². The van der Waals surface area contributed by atoms with Crippen molar-refractivity contribution >= 4 is 21.7 Å². The zero-order chi connectivity index (χ0) is 13.2. The molecule has 8 nitrogen and oxygen atoms in total. The van der Waals surface area contributed by atoms with Gasteiger partial charge in [-0.1, -0.05) is 5.16 Å². The number of nitrogen functional groups attached to an aromatic ring is 1. The molecule has 0 unspecified atom stereocenters. The van der Waals surface area contributed by atoms with Crippen LogP contribution in [-0.2, 0) is 10.0 Å². The van der Waals surface area contributed by atoms with Gasteiger partial charge >= 0.3 is 0 Å². The van der Waals surface area contributed by atoms with Crippen LogP contribution in [0, 0.1) is 6.92 Å². The largest absolute Gasteiger partial charge is 0.360 e. The van der Waals surface area contributed by atoms with Crippen LogP contribution in [0.25, 0.3) is 0 Å². The highest BCUT2D eigenvalue weighted by molar-refractivity contribution is 7.92. The first-order chi connectivity index (χ1) is 8.51. The van der Waals surface area contributed by atoms with E-state index in [1.807, 2.05) is 0 Å². The van der Waals surface area contributed by atoms with E-state index in [4.69, 9.17) is 10.4 Å². The van der Waals surface area contributed by atoms with Gasteiger partial charge < -0.3 is 9.95 Å². The summed E-state index contributed by atoms with van der Waals surface area (Å²) in [5.41, 5.74) is 2.27. The molecule has 18 heavy (non-hydrogen) atoms. The summed E-state index contributed by atoms with van der Waals surface area (Å²) in [6.45, 7) is 1.66. The maximum absolute atomic E-state index is 12.0. The number of hydrogen-bond donors (Lipinski definition) is 3. The van der Waals surface area contributed by atoms with Gasteiger partial charge in [-0.2, -0.15) is 0 Å². The van der Waals surface area contributed by atoms with Gasteiger partial charge in [0.05, 0.1) is 4.90 Å². The molecule has 0 aliphatic heterocycles. The van der Waals surface area contributed by atoms with Crippen LogP contribution in [0.1, 0.15) is 5.76 Å². The maximum Gasteiger partial charge on any atom is 0.263 e. The van der Waals surface area contributed by atoms with E-state index in [2.05, 4.69) is 20.3 Å². The average molecular weight is 269 g/mol. The second kappa shape index (κ2) is 4.63. The van der Waals surface area contributed by atoms with E-state index in [-0.39, 0.29) is 16.5 Å². The third kappa shape index (κ3) is 2.57. The molecule has 2 heterocycles. The Morgan fingerprint density at radius 3 is 2.72 bits per heavy atom. The molecule has 0 aliphatic carbocycles. The number of pyridine rings is 1. The molecule has 0 bridgehead atoms. The van der Waals surface area contributed by atoms with Crippen molar-refractivity contribution in [1.29, 1.82) is 0 Å². The molecule has 0 aromatic carbocycles. The highest BCUT2D eigenvalue weighted by Crippen LogP contribution is 2.17. The molecule has 0 atom stereocenters. The lowest BCUT2D eigenvalue weighted by Crippen LogP contribution is -2.15. The predicted molar refractivity (Wildman–Crippen MR) is 64.1 cm³/mol. The number of aryl methyl sites for hydroxylation is 1. The molecule has 2 aromatic rings. The fourth-order valence-electron chi connectivity index (χ4n) is 1.27. The number of anilines is 2. The van der Waals surface area contributed by atoms with Crippen LogP contribution < -0.4 is 16.0 Å². The highest BCUT2D eigenvalue weighted by Gasteiger charge is 2.16. The van der Waals surface area contributed by atoms with Gasteiger partial charge in [-0.3, -0.25) is 4.72 Å². The van der Waals surface area contributed by atoms with E-state index in [9.17, 15) is 8.42 Å².